The number of aryl methyl sites for hydroxylation is 1. The molecule has 3 aromatic rings. The predicted molar refractivity (Wildman–Crippen MR) is 106 cm³/mol. The summed E-state index contributed by atoms with van der Waals surface area (Å²) < 4.78 is 1.97. The maximum absolute atomic E-state index is 12.6. The standard InChI is InChI=1S/C20H23ClN4O/c1-4-5-10-25-12-23-18-17(21)16(11-22-19(18)25)20(26)24-15-8-6-14(7-9-15)13(2)3/h6-9,11-13H,4-5,10H2,1-3H3,(H,24,26). The molecule has 136 valence electrons. The Kier molecular flexibility index (Phi) is 5.57. The van der Waals surface area contributed by atoms with Crippen LogP contribution in [0.5, 0.6) is 0 Å². The highest BCUT2D eigenvalue weighted by Crippen LogP contribution is 2.26. The van der Waals surface area contributed by atoms with Gasteiger partial charge in [-0.2, -0.15) is 0 Å². The van der Waals surface area contributed by atoms with Crippen molar-refractivity contribution in [2.24, 2.45) is 0 Å². The second kappa shape index (κ2) is 7.87. The van der Waals surface area contributed by atoms with Gasteiger partial charge >= 0.3 is 0 Å². The Labute approximate surface area is 158 Å². The van der Waals surface area contributed by atoms with Crippen LogP contribution in [0.1, 0.15) is 55.5 Å². The van der Waals surface area contributed by atoms with Crippen molar-refractivity contribution in [3.8, 4) is 0 Å². The molecule has 0 saturated carbocycles. The molecule has 0 saturated heterocycles. The minimum absolute atomic E-state index is 0.287. The highest BCUT2D eigenvalue weighted by Gasteiger charge is 2.17. The number of halogens is 1. The molecule has 1 N–H and O–H groups in total. The van der Waals surface area contributed by atoms with Crippen molar-refractivity contribution in [1.29, 1.82) is 0 Å². The van der Waals surface area contributed by atoms with Crippen molar-refractivity contribution in [2.45, 2.75) is 46.1 Å². The quantitative estimate of drug-likeness (QED) is 0.643. The Morgan fingerprint density at radius 2 is 1.96 bits per heavy atom. The van der Waals surface area contributed by atoms with Gasteiger partial charge in [0, 0.05) is 18.4 Å². The number of carbonyl (C=O) groups excluding carboxylic acids is 1. The average molecular weight is 371 g/mol. The minimum atomic E-state index is -0.287. The first-order valence-electron chi connectivity index (χ1n) is 8.92. The number of fused-ring (bicyclic) bond motifs is 1. The number of unbranched alkanes of at least 4 members (excludes halogenated alkanes) is 1. The van der Waals surface area contributed by atoms with Gasteiger partial charge in [0.05, 0.1) is 16.9 Å². The lowest BCUT2D eigenvalue weighted by Crippen LogP contribution is -2.13. The number of aromatic nitrogens is 3. The number of hydrogen-bond acceptors (Lipinski definition) is 3. The third kappa shape index (κ3) is 3.73. The van der Waals surface area contributed by atoms with Gasteiger partial charge in [0.1, 0.15) is 5.52 Å². The van der Waals surface area contributed by atoms with E-state index in [1.54, 1.807) is 6.33 Å². The number of rotatable bonds is 6. The summed E-state index contributed by atoms with van der Waals surface area (Å²) in [4.78, 5) is 21.4. The molecule has 0 aliphatic rings. The molecular weight excluding hydrogens is 348 g/mol. The van der Waals surface area contributed by atoms with Crippen LogP contribution in [-0.2, 0) is 6.54 Å². The molecule has 0 radical (unpaired) electrons. The molecule has 1 amide bonds. The van der Waals surface area contributed by atoms with Gasteiger partial charge < -0.3 is 9.88 Å². The molecule has 2 aromatic heterocycles. The first-order valence-corrected chi connectivity index (χ1v) is 9.29. The fourth-order valence-corrected chi connectivity index (χ4v) is 3.04. The second-order valence-corrected chi connectivity index (χ2v) is 7.06. The third-order valence-electron chi connectivity index (χ3n) is 4.40. The molecule has 0 aliphatic heterocycles. The molecule has 0 bridgehead atoms. The monoisotopic (exact) mass is 370 g/mol. The topological polar surface area (TPSA) is 59.8 Å². The molecule has 0 unspecified atom stereocenters. The van der Waals surface area contributed by atoms with Gasteiger partial charge in [0.2, 0.25) is 0 Å². The molecule has 3 rings (SSSR count). The van der Waals surface area contributed by atoms with Crippen molar-refractivity contribution >= 4 is 34.4 Å². The summed E-state index contributed by atoms with van der Waals surface area (Å²) in [6, 6.07) is 7.82. The molecule has 1 aromatic carbocycles. The molecule has 0 aliphatic carbocycles. The first-order chi connectivity index (χ1) is 12.5. The summed E-state index contributed by atoms with van der Waals surface area (Å²) in [7, 11) is 0. The Bertz CT molecular complexity index is 915. The summed E-state index contributed by atoms with van der Waals surface area (Å²) in [6.45, 7) is 7.24. The van der Waals surface area contributed by atoms with Crippen LogP contribution in [0, 0.1) is 0 Å². The Balaban J connectivity index is 1.83. The number of hydrogen-bond donors (Lipinski definition) is 1. The number of imidazole rings is 1. The van der Waals surface area contributed by atoms with E-state index in [0.717, 1.165) is 25.1 Å². The summed E-state index contributed by atoms with van der Waals surface area (Å²) in [5.41, 5.74) is 3.55. The lowest BCUT2D eigenvalue weighted by Gasteiger charge is -2.09. The maximum Gasteiger partial charge on any atom is 0.258 e. The lowest BCUT2D eigenvalue weighted by molar-refractivity contribution is 0.102. The van der Waals surface area contributed by atoms with Gasteiger partial charge in [0.15, 0.2) is 5.65 Å². The summed E-state index contributed by atoms with van der Waals surface area (Å²) in [5, 5.41) is 3.21. The van der Waals surface area contributed by atoms with Gasteiger partial charge in [-0.05, 0) is 30.0 Å². The number of pyridine rings is 1. The van der Waals surface area contributed by atoms with E-state index in [1.165, 1.54) is 11.8 Å². The summed E-state index contributed by atoms with van der Waals surface area (Å²) in [6.07, 6.45) is 5.38. The zero-order valence-electron chi connectivity index (χ0n) is 15.3. The zero-order chi connectivity index (χ0) is 18.7. The van der Waals surface area contributed by atoms with Crippen LogP contribution in [0.15, 0.2) is 36.8 Å². The van der Waals surface area contributed by atoms with Crippen molar-refractivity contribution in [1.82, 2.24) is 14.5 Å². The van der Waals surface area contributed by atoms with E-state index in [9.17, 15) is 4.79 Å². The minimum Gasteiger partial charge on any atom is -0.322 e. The molecule has 26 heavy (non-hydrogen) atoms. The van der Waals surface area contributed by atoms with Crippen LogP contribution in [0.4, 0.5) is 5.69 Å². The van der Waals surface area contributed by atoms with Crippen molar-refractivity contribution in [3.05, 3.63) is 52.9 Å². The fraction of sp³-hybridized carbons (Fsp3) is 0.350. The van der Waals surface area contributed by atoms with Crippen LogP contribution in [0.25, 0.3) is 11.2 Å². The Morgan fingerprint density at radius 3 is 2.62 bits per heavy atom. The smallest absolute Gasteiger partial charge is 0.258 e. The van der Waals surface area contributed by atoms with Crippen LogP contribution >= 0.6 is 11.6 Å². The zero-order valence-corrected chi connectivity index (χ0v) is 16.0. The third-order valence-corrected chi connectivity index (χ3v) is 4.79. The van der Waals surface area contributed by atoms with Gasteiger partial charge in [-0.15, -0.1) is 0 Å². The van der Waals surface area contributed by atoms with Crippen LogP contribution in [0.3, 0.4) is 0 Å². The van der Waals surface area contributed by atoms with Crippen molar-refractivity contribution in [3.63, 3.8) is 0 Å². The lowest BCUT2D eigenvalue weighted by atomic mass is 10.0. The molecule has 0 atom stereocenters. The Hall–Kier alpha value is -2.40. The van der Waals surface area contributed by atoms with Gasteiger partial charge in [-0.1, -0.05) is 50.9 Å². The largest absolute Gasteiger partial charge is 0.322 e. The number of benzene rings is 1. The molecule has 5 nitrogen and oxygen atoms in total. The van der Waals surface area contributed by atoms with E-state index in [0.29, 0.717) is 27.7 Å². The summed E-state index contributed by atoms with van der Waals surface area (Å²) >= 11 is 6.44. The molecule has 0 spiro atoms. The SMILES string of the molecule is CCCCn1cnc2c(Cl)c(C(=O)Nc3ccc(C(C)C)cc3)cnc21. The molecular formula is C20H23ClN4O. The van der Waals surface area contributed by atoms with Crippen molar-refractivity contribution < 1.29 is 4.79 Å². The van der Waals surface area contributed by atoms with Gasteiger partial charge in [-0.3, -0.25) is 4.79 Å². The average Bonchev–Trinajstić information content (AvgIpc) is 3.04. The Morgan fingerprint density at radius 1 is 1.23 bits per heavy atom. The van der Waals surface area contributed by atoms with E-state index >= 15 is 0 Å². The molecule has 6 heteroatoms. The van der Waals surface area contributed by atoms with Gasteiger partial charge in [0.25, 0.3) is 5.91 Å². The maximum atomic E-state index is 12.6. The van der Waals surface area contributed by atoms with Crippen LogP contribution in [0.2, 0.25) is 5.02 Å². The second-order valence-electron chi connectivity index (χ2n) is 6.68. The summed E-state index contributed by atoms with van der Waals surface area (Å²) in [5.74, 6) is 0.161. The van der Waals surface area contributed by atoms with E-state index in [1.807, 2.05) is 28.8 Å². The highest BCUT2D eigenvalue weighted by atomic mass is 35.5. The number of amides is 1. The number of nitrogens with one attached hydrogen (secondary N) is 1. The van der Waals surface area contributed by atoms with E-state index in [2.05, 4.69) is 36.1 Å². The van der Waals surface area contributed by atoms with Crippen LogP contribution < -0.4 is 5.32 Å². The first kappa shape index (κ1) is 18.4. The normalized spacial score (nSPS) is 11.3. The van der Waals surface area contributed by atoms with E-state index in [4.69, 9.17) is 11.6 Å². The molecule has 0 fully saturated rings. The number of nitrogens with zero attached hydrogens (tertiary/aromatic N) is 3. The fourth-order valence-electron chi connectivity index (χ4n) is 2.78. The van der Waals surface area contributed by atoms with E-state index in [-0.39, 0.29) is 5.91 Å². The highest BCUT2D eigenvalue weighted by molar-refractivity contribution is 6.38. The number of carbonyl (C=O) groups is 1. The van der Waals surface area contributed by atoms with Crippen LogP contribution in [-0.4, -0.2) is 20.4 Å². The van der Waals surface area contributed by atoms with Crippen molar-refractivity contribution in [2.75, 3.05) is 5.32 Å². The van der Waals surface area contributed by atoms with Gasteiger partial charge in [-0.25, -0.2) is 9.97 Å². The number of anilines is 1. The predicted octanol–water partition coefficient (Wildman–Crippen LogP) is 5.26. The van der Waals surface area contributed by atoms with E-state index < -0.39 is 0 Å². The molecule has 2 heterocycles.